The fourth-order valence-electron chi connectivity index (χ4n) is 3.17. The molecule has 2 aliphatic rings. The molecule has 1 fully saturated rings. The van der Waals surface area contributed by atoms with Gasteiger partial charge in [-0.05, 0) is 31.5 Å². The van der Waals surface area contributed by atoms with Crippen molar-refractivity contribution in [3.05, 3.63) is 5.56 Å². The lowest BCUT2D eigenvalue weighted by molar-refractivity contribution is -0.0350. The Kier molecular flexibility index (Phi) is 4.81. The molecular weight excluding hydrogens is 352 g/mol. The molecule has 2 heterocycles. The third kappa shape index (κ3) is 2.91. The zero-order valence-electron chi connectivity index (χ0n) is 16.8. The van der Waals surface area contributed by atoms with Crippen LogP contribution in [0, 0.1) is 0 Å². The Bertz CT molecular complexity index is 694. The van der Waals surface area contributed by atoms with Gasteiger partial charge >= 0.3 is 0 Å². The normalized spacial score (nSPS) is 21.8. The average Bonchev–Trinajstić information content (AvgIpc) is 3.11. The van der Waals surface area contributed by atoms with Gasteiger partial charge in [-0.3, -0.25) is 0 Å². The molecule has 1 aromatic rings. The highest BCUT2D eigenvalue weighted by Gasteiger charge is 2.47. The molecule has 1 aromatic carbocycles. The minimum Gasteiger partial charge on any atom is -0.538 e. The van der Waals surface area contributed by atoms with Crippen molar-refractivity contribution in [1.82, 2.24) is 0 Å². The molecule has 0 radical (unpaired) electrons. The van der Waals surface area contributed by atoms with Crippen molar-refractivity contribution in [1.29, 1.82) is 0 Å². The summed E-state index contributed by atoms with van der Waals surface area (Å²) in [6.07, 6.45) is 0.408. The third-order valence-corrected chi connectivity index (χ3v) is 9.96. The molecule has 2 atom stereocenters. The Morgan fingerprint density at radius 3 is 2.46 bits per heavy atom. The summed E-state index contributed by atoms with van der Waals surface area (Å²) in [6.45, 7) is 13.7. The van der Waals surface area contributed by atoms with E-state index in [-0.39, 0.29) is 23.0 Å². The number of phenols is 1. The van der Waals surface area contributed by atoms with Crippen molar-refractivity contribution in [2.24, 2.45) is 0 Å². The Hall–Kier alpha value is -1.60. The van der Waals surface area contributed by atoms with Gasteiger partial charge in [-0.25, -0.2) is 0 Å². The molecule has 2 aliphatic heterocycles. The smallest absolute Gasteiger partial charge is 0.250 e. The summed E-state index contributed by atoms with van der Waals surface area (Å²) in [5.74, 6) is 1.80. The van der Waals surface area contributed by atoms with Gasteiger partial charge in [-0.2, -0.15) is 0 Å². The van der Waals surface area contributed by atoms with E-state index in [4.69, 9.17) is 23.4 Å². The van der Waals surface area contributed by atoms with Gasteiger partial charge in [0.25, 0.3) is 8.32 Å². The van der Waals surface area contributed by atoms with Gasteiger partial charge in [-0.1, -0.05) is 20.8 Å². The van der Waals surface area contributed by atoms with Crippen molar-refractivity contribution in [3.8, 4) is 28.7 Å². The number of aromatic hydroxyl groups is 1. The predicted octanol–water partition coefficient (Wildman–Crippen LogP) is 4.41. The number of ether oxygens (including phenoxy) is 4. The summed E-state index contributed by atoms with van der Waals surface area (Å²) >= 11 is 0. The fourth-order valence-corrected chi connectivity index (χ4v) is 4.17. The number of hydrogen-bond acceptors (Lipinski definition) is 6. The van der Waals surface area contributed by atoms with Crippen molar-refractivity contribution in [2.45, 2.75) is 64.5 Å². The highest BCUT2D eigenvalue weighted by Crippen LogP contribution is 2.61. The van der Waals surface area contributed by atoms with Crippen LogP contribution < -0.4 is 18.6 Å². The molecular formula is C19H30O6Si. The molecule has 0 unspecified atom stereocenters. The summed E-state index contributed by atoms with van der Waals surface area (Å²) in [5.41, 5.74) is 0.713. The van der Waals surface area contributed by atoms with E-state index in [9.17, 15) is 5.11 Å². The number of fused-ring (bicyclic) bond motifs is 3. The number of phenolic OH excluding ortho intramolecular Hbond substituents is 1. The maximum atomic E-state index is 11.1. The van der Waals surface area contributed by atoms with Crippen molar-refractivity contribution < 1.29 is 28.5 Å². The Labute approximate surface area is 156 Å². The first-order valence-corrected chi connectivity index (χ1v) is 12.1. The molecule has 26 heavy (non-hydrogen) atoms. The molecule has 0 aromatic heterocycles. The third-order valence-electron chi connectivity index (χ3n) is 5.63. The predicted molar refractivity (Wildman–Crippen MR) is 101 cm³/mol. The van der Waals surface area contributed by atoms with Crippen LogP contribution >= 0.6 is 0 Å². The standard InChI is InChI=1S/C19H30O6Si/c1-8-22-17-14-12(11-9-10-23-18(11)24-14)13(20)15(16(17)21-5)25-26(6,7)19(2,3)4/h11,18,20H,8-10H2,1-7H3/t11-,18+/m0/s1. The second-order valence-corrected chi connectivity index (χ2v) is 13.1. The second kappa shape index (κ2) is 6.53. The number of methoxy groups -OCH3 is 1. The lowest BCUT2D eigenvalue weighted by Crippen LogP contribution is -2.44. The Morgan fingerprint density at radius 2 is 1.88 bits per heavy atom. The van der Waals surface area contributed by atoms with E-state index in [1.54, 1.807) is 7.11 Å². The molecule has 0 spiro atoms. The van der Waals surface area contributed by atoms with Crippen LogP contribution in [0.1, 0.15) is 45.6 Å². The van der Waals surface area contributed by atoms with Crippen LogP contribution in [-0.2, 0) is 4.74 Å². The minimum absolute atomic E-state index is 0.0168. The van der Waals surface area contributed by atoms with E-state index in [0.29, 0.717) is 41.8 Å². The van der Waals surface area contributed by atoms with Crippen LogP contribution in [0.2, 0.25) is 18.1 Å². The van der Waals surface area contributed by atoms with Gasteiger partial charge in [0.2, 0.25) is 17.8 Å². The first-order chi connectivity index (χ1) is 12.1. The molecule has 3 rings (SSSR count). The summed E-state index contributed by atoms with van der Waals surface area (Å²) in [5, 5.41) is 11.1. The van der Waals surface area contributed by atoms with E-state index in [1.165, 1.54) is 0 Å². The van der Waals surface area contributed by atoms with Gasteiger partial charge < -0.3 is 28.5 Å². The molecule has 0 saturated carbocycles. The van der Waals surface area contributed by atoms with Crippen LogP contribution in [0.5, 0.6) is 28.7 Å². The maximum absolute atomic E-state index is 11.1. The minimum atomic E-state index is -2.20. The van der Waals surface area contributed by atoms with Crippen LogP contribution in [0.25, 0.3) is 0 Å². The van der Waals surface area contributed by atoms with Crippen molar-refractivity contribution >= 4 is 8.32 Å². The lowest BCUT2D eigenvalue weighted by Gasteiger charge is -2.37. The van der Waals surface area contributed by atoms with E-state index < -0.39 is 8.32 Å². The SMILES string of the molecule is CCOc1c(OC)c(O[Si](C)(C)C(C)(C)C)c(O)c2c1O[C@H]1OCC[C@@H]21. The quantitative estimate of drug-likeness (QED) is 0.761. The van der Waals surface area contributed by atoms with Crippen molar-refractivity contribution in [3.63, 3.8) is 0 Å². The first-order valence-electron chi connectivity index (χ1n) is 9.19. The van der Waals surface area contributed by atoms with E-state index >= 15 is 0 Å². The Morgan fingerprint density at radius 1 is 1.19 bits per heavy atom. The zero-order valence-corrected chi connectivity index (χ0v) is 17.8. The highest BCUT2D eigenvalue weighted by molar-refractivity contribution is 6.74. The zero-order chi connectivity index (χ0) is 19.3. The molecule has 0 bridgehead atoms. The number of hydrogen-bond donors (Lipinski definition) is 1. The molecule has 7 heteroatoms. The van der Waals surface area contributed by atoms with Gasteiger partial charge in [-0.15, -0.1) is 0 Å². The van der Waals surface area contributed by atoms with Gasteiger partial charge in [0.1, 0.15) is 0 Å². The van der Waals surface area contributed by atoms with E-state index in [1.807, 2.05) is 6.92 Å². The summed E-state index contributed by atoms with van der Waals surface area (Å²) < 4.78 is 29.5. The summed E-state index contributed by atoms with van der Waals surface area (Å²) in [4.78, 5) is 0. The monoisotopic (exact) mass is 382 g/mol. The van der Waals surface area contributed by atoms with Gasteiger partial charge in [0, 0.05) is 0 Å². The second-order valence-electron chi connectivity index (χ2n) is 8.33. The van der Waals surface area contributed by atoms with Gasteiger partial charge in [0.15, 0.2) is 17.2 Å². The van der Waals surface area contributed by atoms with Crippen LogP contribution in [0.3, 0.4) is 0 Å². The first kappa shape index (κ1) is 19.2. The Balaban J connectivity index is 2.18. The van der Waals surface area contributed by atoms with E-state index in [0.717, 1.165) is 6.42 Å². The maximum Gasteiger partial charge on any atom is 0.250 e. The largest absolute Gasteiger partial charge is 0.538 e. The number of benzene rings is 1. The molecule has 1 N–H and O–H groups in total. The van der Waals surface area contributed by atoms with Crippen LogP contribution in [0.15, 0.2) is 0 Å². The molecule has 1 saturated heterocycles. The summed E-state index contributed by atoms with van der Waals surface area (Å²) in [6, 6.07) is 0. The summed E-state index contributed by atoms with van der Waals surface area (Å²) in [7, 11) is -0.654. The van der Waals surface area contributed by atoms with Gasteiger partial charge in [0.05, 0.1) is 31.8 Å². The molecule has 0 aliphatic carbocycles. The highest BCUT2D eigenvalue weighted by atomic mass is 28.4. The van der Waals surface area contributed by atoms with Crippen LogP contribution in [-0.4, -0.2) is 40.0 Å². The van der Waals surface area contributed by atoms with Crippen molar-refractivity contribution in [2.75, 3.05) is 20.3 Å². The molecule has 6 nitrogen and oxygen atoms in total. The fraction of sp³-hybridized carbons (Fsp3) is 0.684. The number of rotatable bonds is 5. The average molecular weight is 383 g/mol. The lowest BCUT2D eigenvalue weighted by atomic mass is 9.96. The molecule has 0 amide bonds. The topological polar surface area (TPSA) is 66.4 Å². The van der Waals surface area contributed by atoms with Crippen LogP contribution in [0.4, 0.5) is 0 Å². The molecule has 146 valence electrons. The van der Waals surface area contributed by atoms with E-state index in [2.05, 4.69) is 33.9 Å².